The number of nitrogens with one attached hydrogen (secondary N) is 1. The van der Waals surface area contributed by atoms with E-state index in [4.69, 9.17) is 0 Å². The van der Waals surface area contributed by atoms with Gasteiger partial charge in [0.25, 0.3) is 0 Å². The number of hydrogen-bond donors (Lipinski definition) is 1. The Morgan fingerprint density at radius 1 is 1.23 bits per heavy atom. The molecule has 1 aliphatic heterocycles. The number of benzene rings is 1. The third-order valence-electron chi connectivity index (χ3n) is 5.09. The number of carbonyl (C=O) groups is 1. The number of para-hydroxylation sites is 1. The van der Waals surface area contributed by atoms with Crippen LogP contribution in [0.1, 0.15) is 18.3 Å². The molecule has 0 spiro atoms. The number of rotatable bonds is 4. The number of amides is 1. The predicted molar refractivity (Wildman–Crippen MR) is 97.0 cm³/mol. The summed E-state index contributed by atoms with van der Waals surface area (Å²) < 4.78 is 15.9. The van der Waals surface area contributed by atoms with Crippen molar-refractivity contribution >= 4 is 22.5 Å². The summed E-state index contributed by atoms with van der Waals surface area (Å²) in [5.41, 5.74) is 1.16. The molecular weight excluding hydrogens is 333 g/mol. The fourth-order valence-corrected chi connectivity index (χ4v) is 3.72. The Morgan fingerprint density at radius 3 is 2.85 bits per heavy atom. The smallest absolute Gasteiger partial charge is 0.223 e. The number of hydrogen-bond acceptors (Lipinski definition) is 4. The van der Waals surface area contributed by atoms with E-state index < -0.39 is 0 Å². The maximum atomic E-state index is 13.9. The van der Waals surface area contributed by atoms with Gasteiger partial charge in [-0.15, -0.1) is 0 Å². The lowest BCUT2D eigenvalue weighted by Crippen LogP contribution is -2.28. The second kappa shape index (κ2) is 6.40. The average Bonchev–Trinajstić information content (AvgIpc) is 3.16. The summed E-state index contributed by atoms with van der Waals surface area (Å²) in [7, 11) is 3.75. The van der Waals surface area contributed by atoms with Crippen LogP contribution < -0.4 is 5.32 Å². The van der Waals surface area contributed by atoms with E-state index in [2.05, 4.69) is 15.3 Å². The zero-order valence-corrected chi connectivity index (χ0v) is 14.7. The molecule has 1 fully saturated rings. The van der Waals surface area contributed by atoms with Gasteiger partial charge in [0.05, 0.1) is 6.04 Å². The van der Waals surface area contributed by atoms with E-state index >= 15 is 0 Å². The van der Waals surface area contributed by atoms with E-state index in [1.165, 1.54) is 6.07 Å². The Kier molecular flexibility index (Phi) is 4.06. The number of carbonyl (C=O) groups excluding carboxylic acids is 1. The van der Waals surface area contributed by atoms with Gasteiger partial charge >= 0.3 is 0 Å². The Morgan fingerprint density at radius 2 is 2.08 bits per heavy atom. The molecule has 4 rings (SSSR count). The lowest BCUT2D eigenvalue weighted by molar-refractivity contribution is -0.127. The first-order valence-corrected chi connectivity index (χ1v) is 8.56. The van der Waals surface area contributed by atoms with Crippen molar-refractivity contribution in [1.29, 1.82) is 0 Å². The highest BCUT2D eigenvalue weighted by atomic mass is 19.1. The van der Waals surface area contributed by atoms with Crippen molar-refractivity contribution < 1.29 is 9.18 Å². The minimum atomic E-state index is -0.340. The number of likely N-dealkylation sites (tertiary alicyclic amines) is 1. The van der Waals surface area contributed by atoms with E-state index in [1.807, 2.05) is 37.0 Å². The highest BCUT2D eigenvalue weighted by Gasteiger charge is 2.40. The molecule has 1 saturated heterocycles. The molecule has 2 atom stereocenters. The van der Waals surface area contributed by atoms with Crippen molar-refractivity contribution in [2.75, 3.05) is 18.9 Å². The van der Waals surface area contributed by atoms with Crippen molar-refractivity contribution in [2.24, 2.45) is 13.0 Å². The van der Waals surface area contributed by atoms with Crippen LogP contribution in [0.3, 0.4) is 0 Å². The summed E-state index contributed by atoms with van der Waals surface area (Å²) >= 11 is 0. The minimum absolute atomic E-state index is 0.0744. The topological polar surface area (TPSA) is 63.1 Å². The van der Waals surface area contributed by atoms with Crippen molar-refractivity contribution in [1.82, 2.24) is 19.4 Å². The number of nitrogens with zero attached hydrogens (tertiary/aromatic N) is 4. The molecule has 1 amide bonds. The number of aromatic nitrogens is 3. The maximum absolute atomic E-state index is 13.9. The molecule has 6 nitrogen and oxygen atoms in total. The highest BCUT2D eigenvalue weighted by molar-refractivity contribution is 5.91. The van der Waals surface area contributed by atoms with Gasteiger partial charge in [0.2, 0.25) is 5.91 Å². The molecule has 1 N–H and O–H groups in total. The zero-order valence-electron chi connectivity index (χ0n) is 14.7. The van der Waals surface area contributed by atoms with Crippen molar-refractivity contribution in [3.8, 4) is 0 Å². The standard InChI is InChI=1S/C19H20FN5O/c1-24-9-8-22-19(24)18-12(10-16(26)25(18)2)11-23-15-6-7-21-17-13(15)4-3-5-14(17)20/h3-9,12,18H,10-11H2,1-2H3,(H,21,23)/t12-,18+/m0/s1. The third-order valence-corrected chi connectivity index (χ3v) is 5.09. The normalized spacial score (nSPS) is 20.1. The molecule has 3 heterocycles. The summed E-state index contributed by atoms with van der Waals surface area (Å²) in [5.74, 6) is 0.712. The monoisotopic (exact) mass is 353 g/mol. The molecule has 1 aromatic carbocycles. The van der Waals surface area contributed by atoms with Crippen molar-refractivity contribution in [2.45, 2.75) is 12.5 Å². The molecule has 0 unspecified atom stereocenters. The van der Waals surface area contributed by atoms with Crippen LogP contribution >= 0.6 is 0 Å². The number of pyridine rings is 1. The van der Waals surface area contributed by atoms with Gasteiger partial charge in [-0.25, -0.2) is 9.37 Å². The number of halogens is 1. The fraction of sp³-hybridized carbons (Fsp3) is 0.316. The van der Waals surface area contributed by atoms with E-state index in [0.29, 0.717) is 18.5 Å². The van der Waals surface area contributed by atoms with E-state index in [0.717, 1.165) is 16.9 Å². The fourth-order valence-electron chi connectivity index (χ4n) is 3.72. The molecule has 1 aliphatic rings. The second-order valence-electron chi connectivity index (χ2n) is 6.69. The third kappa shape index (κ3) is 2.69. The molecule has 2 aromatic heterocycles. The molecule has 0 saturated carbocycles. The van der Waals surface area contributed by atoms with Gasteiger partial charge in [0.1, 0.15) is 17.2 Å². The average molecular weight is 353 g/mol. The molecule has 0 bridgehead atoms. The minimum Gasteiger partial charge on any atom is -0.384 e. The number of anilines is 1. The van der Waals surface area contributed by atoms with Gasteiger partial charge in [-0.2, -0.15) is 0 Å². The van der Waals surface area contributed by atoms with E-state index in [9.17, 15) is 9.18 Å². The Labute approximate surface area is 150 Å². The van der Waals surface area contributed by atoms with Crippen molar-refractivity contribution in [3.05, 3.63) is 54.5 Å². The van der Waals surface area contributed by atoms with Gasteiger partial charge < -0.3 is 14.8 Å². The lowest BCUT2D eigenvalue weighted by atomic mass is 9.99. The van der Waals surface area contributed by atoms with Crippen LogP contribution in [-0.2, 0) is 11.8 Å². The second-order valence-corrected chi connectivity index (χ2v) is 6.69. The summed E-state index contributed by atoms with van der Waals surface area (Å²) in [6.07, 6.45) is 5.68. The predicted octanol–water partition coefficient (Wildman–Crippen LogP) is 2.74. The Hall–Kier alpha value is -2.96. The zero-order chi connectivity index (χ0) is 18.3. The number of aryl methyl sites for hydroxylation is 1. The molecular formula is C19H20FN5O. The summed E-state index contributed by atoms with van der Waals surface area (Å²) in [6.45, 7) is 0.587. The first kappa shape index (κ1) is 16.5. The Bertz CT molecular complexity index is 969. The summed E-state index contributed by atoms with van der Waals surface area (Å²) in [6, 6.07) is 6.67. The van der Waals surface area contributed by atoms with Gasteiger partial charge in [-0.1, -0.05) is 12.1 Å². The first-order valence-electron chi connectivity index (χ1n) is 8.56. The molecule has 0 radical (unpaired) electrons. The van der Waals surface area contributed by atoms with Crippen LogP contribution in [0.25, 0.3) is 10.9 Å². The van der Waals surface area contributed by atoms with E-state index in [1.54, 1.807) is 23.4 Å². The molecule has 3 aromatic rings. The van der Waals surface area contributed by atoms with Crippen LogP contribution in [0.4, 0.5) is 10.1 Å². The van der Waals surface area contributed by atoms with Gasteiger partial charge in [-0.05, 0) is 12.1 Å². The number of fused-ring (bicyclic) bond motifs is 1. The molecule has 134 valence electrons. The van der Waals surface area contributed by atoms with Crippen LogP contribution in [0.15, 0.2) is 42.9 Å². The molecule has 7 heteroatoms. The first-order chi connectivity index (χ1) is 12.6. The lowest BCUT2D eigenvalue weighted by Gasteiger charge is -2.25. The van der Waals surface area contributed by atoms with Gasteiger partial charge in [0.15, 0.2) is 0 Å². The van der Waals surface area contributed by atoms with Crippen molar-refractivity contribution in [3.63, 3.8) is 0 Å². The van der Waals surface area contributed by atoms with Crippen LogP contribution in [0.2, 0.25) is 0 Å². The number of imidazole rings is 1. The van der Waals surface area contributed by atoms with Crippen LogP contribution in [0.5, 0.6) is 0 Å². The highest BCUT2D eigenvalue weighted by Crippen LogP contribution is 2.36. The quantitative estimate of drug-likeness (QED) is 0.783. The van der Waals surface area contributed by atoms with Crippen LogP contribution in [-0.4, -0.2) is 38.9 Å². The van der Waals surface area contributed by atoms with Gasteiger partial charge in [0, 0.05) is 62.6 Å². The summed E-state index contributed by atoms with van der Waals surface area (Å²) in [5, 5.41) is 4.12. The maximum Gasteiger partial charge on any atom is 0.223 e. The summed E-state index contributed by atoms with van der Waals surface area (Å²) in [4.78, 5) is 22.6. The molecule has 26 heavy (non-hydrogen) atoms. The van der Waals surface area contributed by atoms with Crippen LogP contribution in [0, 0.1) is 11.7 Å². The SMILES string of the molecule is CN1C(=O)C[C@@H](CNc2ccnc3c(F)cccc23)[C@@H]1c1nccn1C. The largest absolute Gasteiger partial charge is 0.384 e. The van der Waals surface area contributed by atoms with Gasteiger partial charge in [-0.3, -0.25) is 9.78 Å². The van der Waals surface area contributed by atoms with E-state index in [-0.39, 0.29) is 23.7 Å². The molecule has 0 aliphatic carbocycles. The Balaban J connectivity index is 1.60.